The van der Waals surface area contributed by atoms with E-state index in [-0.39, 0.29) is 60.5 Å². The fourth-order valence-electron chi connectivity index (χ4n) is 7.30. The molecule has 0 radical (unpaired) electrons. The van der Waals surface area contributed by atoms with Crippen LogP contribution in [0.25, 0.3) is 17.1 Å². The van der Waals surface area contributed by atoms with Gasteiger partial charge in [0.25, 0.3) is 5.91 Å². The summed E-state index contributed by atoms with van der Waals surface area (Å²) in [5.74, 6) is -0.767. The lowest BCUT2D eigenvalue weighted by atomic mass is 9.90. The number of anilines is 1. The van der Waals surface area contributed by atoms with Crippen LogP contribution in [0.1, 0.15) is 72.5 Å². The van der Waals surface area contributed by atoms with Crippen LogP contribution in [0.5, 0.6) is 11.5 Å². The zero-order valence-corrected chi connectivity index (χ0v) is 28.3. The van der Waals surface area contributed by atoms with Gasteiger partial charge in [-0.25, -0.2) is 19.3 Å². The number of likely N-dealkylation sites (tertiary alicyclic amines) is 1. The van der Waals surface area contributed by atoms with E-state index >= 15 is 0 Å². The molecule has 51 heavy (non-hydrogen) atoms. The number of hydrogen-bond donors (Lipinski definition) is 5. The first kappa shape index (κ1) is 33.6. The van der Waals surface area contributed by atoms with Crippen molar-refractivity contribution in [2.24, 2.45) is 5.92 Å². The fourth-order valence-corrected chi connectivity index (χ4v) is 7.30. The van der Waals surface area contributed by atoms with Crippen molar-refractivity contribution in [3.8, 4) is 28.6 Å². The molecular weight excluding hydrogens is 654 g/mol. The number of aromatic hydroxyl groups is 2. The van der Waals surface area contributed by atoms with Crippen LogP contribution in [0, 0.1) is 5.92 Å². The van der Waals surface area contributed by atoms with Crippen LogP contribution < -0.4 is 16.3 Å². The van der Waals surface area contributed by atoms with Crippen LogP contribution >= 0.6 is 0 Å². The predicted molar refractivity (Wildman–Crippen MR) is 187 cm³/mol. The number of carbonyl (C=O) groups is 4. The second-order valence-electron chi connectivity index (χ2n) is 13.7. The molecule has 0 spiro atoms. The Hall–Kier alpha value is -5.92. The largest absolute Gasteiger partial charge is 0.508 e. The number of aromatic amines is 1. The van der Waals surface area contributed by atoms with Crippen LogP contribution in [0.2, 0.25) is 0 Å². The predicted octanol–water partition coefficient (Wildman–Crippen LogP) is 4.01. The van der Waals surface area contributed by atoms with E-state index in [0.29, 0.717) is 52.6 Å². The van der Waals surface area contributed by atoms with Gasteiger partial charge in [0.05, 0.1) is 11.3 Å². The number of phenolic OH excluding ortho intramolecular Hbond substituents is 2. The Morgan fingerprint density at radius 2 is 1.71 bits per heavy atom. The standard InChI is InChI=1S/C37H39N7O7/c1-20(2)25-17-26(31(46)18-30(25)45)33-40-41-37(51)44(33)23-8-6-21(7-9-23)16-22-12-14-42(15-13-22)36(50)38-28-5-3-4-24-27(28)19-43(35(24)49)29-10-11-32(47)39-34(29)48/h3-9,17-18,20,22,29,45-46H,10-16,19H2,1-2H3,(H,38,50)(H,41,51)(H,39,47,48). The molecule has 14 nitrogen and oxygen atoms in total. The van der Waals surface area contributed by atoms with E-state index in [1.54, 1.807) is 29.2 Å². The number of aromatic nitrogens is 3. The molecule has 1 atom stereocenters. The van der Waals surface area contributed by atoms with Crippen molar-refractivity contribution in [3.05, 3.63) is 87.3 Å². The van der Waals surface area contributed by atoms with Crippen molar-refractivity contribution >= 4 is 29.4 Å². The summed E-state index contributed by atoms with van der Waals surface area (Å²) in [4.78, 5) is 66.6. The van der Waals surface area contributed by atoms with Crippen LogP contribution in [0.4, 0.5) is 10.5 Å². The minimum absolute atomic E-state index is 0.0135. The summed E-state index contributed by atoms with van der Waals surface area (Å²) in [5, 5.41) is 32.8. The van der Waals surface area contributed by atoms with Gasteiger partial charge >= 0.3 is 11.7 Å². The summed E-state index contributed by atoms with van der Waals surface area (Å²) in [6.45, 7) is 5.14. The lowest BCUT2D eigenvalue weighted by Gasteiger charge is -2.32. The molecule has 5 amide bonds. The Kier molecular flexibility index (Phi) is 8.83. The lowest BCUT2D eigenvalue weighted by molar-refractivity contribution is -0.136. The summed E-state index contributed by atoms with van der Waals surface area (Å²) < 4.78 is 1.39. The minimum atomic E-state index is -0.731. The van der Waals surface area contributed by atoms with Crippen molar-refractivity contribution in [1.29, 1.82) is 0 Å². The molecule has 2 fully saturated rings. The Bertz CT molecular complexity index is 2090. The Balaban J connectivity index is 0.968. The fraction of sp³-hybridized carbons (Fsp3) is 0.351. The molecule has 7 rings (SSSR count). The number of phenols is 2. The second kappa shape index (κ2) is 13.4. The monoisotopic (exact) mass is 693 g/mol. The Labute approximate surface area is 293 Å². The molecule has 1 aromatic heterocycles. The molecule has 0 saturated carbocycles. The number of carbonyl (C=O) groups excluding carboxylic acids is 4. The van der Waals surface area contributed by atoms with Gasteiger partial charge in [-0.05, 0) is 79.0 Å². The molecule has 0 aliphatic carbocycles. The zero-order valence-electron chi connectivity index (χ0n) is 28.3. The number of urea groups is 1. The van der Waals surface area contributed by atoms with Gasteiger partial charge in [-0.1, -0.05) is 32.0 Å². The molecule has 4 heterocycles. The maximum absolute atomic E-state index is 13.3. The van der Waals surface area contributed by atoms with Crippen LogP contribution in [0.3, 0.4) is 0 Å². The van der Waals surface area contributed by atoms with Gasteiger partial charge in [0.2, 0.25) is 11.8 Å². The van der Waals surface area contributed by atoms with E-state index in [0.717, 1.165) is 24.8 Å². The number of imide groups is 1. The lowest BCUT2D eigenvalue weighted by Crippen LogP contribution is -2.52. The normalized spacial score (nSPS) is 17.9. The highest BCUT2D eigenvalue weighted by Gasteiger charge is 2.40. The zero-order chi connectivity index (χ0) is 36.0. The topological polar surface area (TPSA) is 190 Å². The van der Waals surface area contributed by atoms with Gasteiger partial charge in [-0.2, -0.15) is 5.10 Å². The Morgan fingerprint density at radius 3 is 2.41 bits per heavy atom. The van der Waals surface area contributed by atoms with Crippen LogP contribution in [-0.4, -0.2) is 77.7 Å². The number of nitrogens with zero attached hydrogens (tertiary/aromatic N) is 4. The molecule has 5 N–H and O–H groups in total. The van der Waals surface area contributed by atoms with Gasteiger partial charge in [-0.15, -0.1) is 0 Å². The van der Waals surface area contributed by atoms with E-state index in [4.69, 9.17) is 0 Å². The molecule has 0 bridgehead atoms. The van der Waals surface area contributed by atoms with Crippen molar-refractivity contribution in [2.75, 3.05) is 18.4 Å². The van der Waals surface area contributed by atoms with Gasteiger partial charge < -0.3 is 25.3 Å². The first-order valence-electron chi connectivity index (χ1n) is 17.1. The van der Waals surface area contributed by atoms with Crippen LogP contribution in [-0.2, 0) is 22.6 Å². The molecule has 4 aromatic rings. The van der Waals surface area contributed by atoms with Gasteiger partial charge in [-0.3, -0.25) is 19.7 Å². The number of fused-ring (bicyclic) bond motifs is 1. The molecule has 3 aliphatic heterocycles. The maximum atomic E-state index is 13.3. The summed E-state index contributed by atoms with van der Waals surface area (Å²) in [6.07, 6.45) is 2.83. The quantitative estimate of drug-likeness (QED) is 0.180. The average Bonchev–Trinajstić information content (AvgIpc) is 3.65. The van der Waals surface area contributed by atoms with Gasteiger partial charge in [0.15, 0.2) is 5.82 Å². The molecule has 3 aliphatic rings. The third-order valence-electron chi connectivity index (χ3n) is 10.1. The first-order chi connectivity index (χ1) is 24.5. The summed E-state index contributed by atoms with van der Waals surface area (Å²) in [7, 11) is 0. The van der Waals surface area contributed by atoms with Crippen molar-refractivity contribution in [3.63, 3.8) is 0 Å². The number of rotatable bonds is 7. The number of H-pyrrole nitrogens is 1. The highest BCUT2D eigenvalue weighted by molar-refractivity contribution is 6.06. The SMILES string of the molecule is CC(C)c1cc(-c2n[nH]c(=O)n2-c2ccc(CC3CCN(C(=O)Nc4cccc5c4CN(C4CCC(=O)NC4=O)C5=O)CC3)cc2)c(O)cc1O. The number of nitrogens with one attached hydrogen (secondary N) is 3. The molecule has 3 aromatic carbocycles. The number of hydrogen-bond acceptors (Lipinski definition) is 8. The number of amides is 5. The third-order valence-corrected chi connectivity index (χ3v) is 10.1. The molecule has 14 heteroatoms. The van der Waals surface area contributed by atoms with Gasteiger partial charge in [0, 0.05) is 48.9 Å². The van der Waals surface area contributed by atoms with E-state index in [1.807, 2.05) is 38.1 Å². The Morgan fingerprint density at radius 1 is 0.961 bits per heavy atom. The van der Waals surface area contributed by atoms with Crippen molar-refractivity contribution in [1.82, 2.24) is 29.9 Å². The van der Waals surface area contributed by atoms with Crippen molar-refractivity contribution < 1.29 is 29.4 Å². The summed E-state index contributed by atoms with van der Waals surface area (Å²) >= 11 is 0. The summed E-state index contributed by atoms with van der Waals surface area (Å²) in [5.41, 5.74) is 3.78. The van der Waals surface area contributed by atoms with Crippen molar-refractivity contribution in [2.45, 2.75) is 64.5 Å². The molecular formula is C37H39N7O7. The minimum Gasteiger partial charge on any atom is -0.508 e. The molecule has 2 saturated heterocycles. The average molecular weight is 694 g/mol. The van der Waals surface area contributed by atoms with E-state index in [9.17, 15) is 34.2 Å². The van der Waals surface area contributed by atoms with E-state index < -0.39 is 17.6 Å². The number of piperidine rings is 2. The first-order valence-corrected chi connectivity index (χ1v) is 17.1. The smallest absolute Gasteiger partial charge is 0.348 e. The third kappa shape index (κ3) is 6.44. The van der Waals surface area contributed by atoms with Crippen LogP contribution in [0.15, 0.2) is 59.4 Å². The van der Waals surface area contributed by atoms with Gasteiger partial charge in [0.1, 0.15) is 17.5 Å². The molecule has 1 unspecified atom stereocenters. The van der Waals surface area contributed by atoms with E-state index in [1.165, 1.54) is 15.5 Å². The highest BCUT2D eigenvalue weighted by Crippen LogP contribution is 2.38. The summed E-state index contributed by atoms with van der Waals surface area (Å²) in [6, 6.07) is 14.7. The highest BCUT2D eigenvalue weighted by atomic mass is 16.3. The number of benzene rings is 3. The van der Waals surface area contributed by atoms with E-state index in [2.05, 4.69) is 20.8 Å². The molecule has 264 valence electrons. The maximum Gasteiger partial charge on any atom is 0.348 e. The second-order valence-corrected chi connectivity index (χ2v) is 13.7.